The number of piperidine rings is 1. The number of hydrogen-bond acceptors (Lipinski definition) is 4. The number of hydrogen-bond donors (Lipinski definition) is 1. The molecule has 0 unspecified atom stereocenters. The van der Waals surface area contributed by atoms with Crippen molar-refractivity contribution < 1.29 is 4.39 Å². The highest BCUT2D eigenvalue weighted by Gasteiger charge is 2.30. The second-order valence-corrected chi connectivity index (χ2v) is 9.23. The third-order valence-corrected chi connectivity index (χ3v) is 7.09. The number of aromatic nitrogens is 5. The first-order chi connectivity index (χ1) is 15.0. The molecule has 1 aliphatic carbocycles. The third-order valence-electron chi connectivity index (χ3n) is 7.09. The minimum atomic E-state index is -0.303. The van der Waals surface area contributed by atoms with Crippen molar-refractivity contribution in [2.75, 3.05) is 13.1 Å². The maximum Gasteiger partial charge on any atom is 0.156 e. The Bertz CT molecular complexity index is 1280. The largest absolute Gasteiger partial charge is 0.342 e. The summed E-state index contributed by atoms with van der Waals surface area (Å²) >= 11 is 0. The Hall–Kier alpha value is -2.80. The zero-order valence-corrected chi connectivity index (χ0v) is 18.0. The van der Waals surface area contributed by atoms with Crippen molar-refractivity contribution in [3.8, 4) is 11.3 Å². The molecule has 3 aromatic heterocycles. The Kier molecular flexibility index (Phi) is 4.35. The molecule has 1 saturated carbocycles. The summed E-state index contributed by atoms with van der Waals surface area (Å²) < 4.78 is 16.8. The van der Waals surface area contributed by atoms with Gasteiger partial charge in [-0.3, -0.25) is 0 Å². The molecule has 6 rings (SSSR count). The van der Waals surface area contributed by atoms with Crippen molar-refractivity contribution in [3.05, 3.63) is 47.3 Å². The van der Waals surface area contributed by atoms with E-state index in [1.165, 1.54) is 19.3 Å². The first-order valence-corrected chi connectivity index (χ1v) is 11.3. The molecular weight excluding hydrogens is 391 g/mol. The van der Waals surface area contributed by atoms with Crippen molar-refractivity contribution in [1.82, 2.24) is 29.5 Å². The lowest BCUT2D eigenvalue weighted by atomic mass is 9.87. The standard InChI is InChI=1S/C24H27FN6/c1-14-10-20(29-31-13-15(2)26-24(14)31)17-11-19(25)22-21(12-17)27-23(28-22)16-6-8-30(9-7-16)18-4-3-5-18/h10-13,16,18H,3-9H2,1-2H3,(H,27,28). The molecule has 1 saturated heterocycles. The van der Waals surface area contributed by atoms with Crippen LogP contribution in [0.4, 0.5) is 4.39 Å². The molecule has 0 spiro atoms. The Morgan fingerprint density at radius 3 is 2.58 bits per heavy atom. The quantitative estimate of drug-likeness (QED) is 0.521. The molecule has 0 radical (unpaired) electrons. The molecule has 31 heavy (non-hydrogen) atoms. The van der Waals surface area contributed by atoms with Crippen LogP contribution in [0.3, 0.4) is 0 Å². The molecule has 0 amide bonds. The highest BCUT2D eigenvalue weighted by Crippen LogP contribution is 2.34. The van der Waals surface area contributed by atoms with Crippen LogP contribution in [0.15, 0.2) is 24.4 Å². The van der Waals surface area contributed by atoms with Crippen LogP contribution in [-0.2, 0) is 0 Å². The van der Waals surface area contributed by atoms with Crippen LogP contribution in [0.2, 0.25) is 0 Å². The molecule has 0 bridgehead atoms. The summed E-state index contributed by atoms with van der Waals surface area (Å²) in [5.41, 5.74) is 5.41. The van der Waals surface area contributed by atoms with Crippen LogP contribution in [-0.4, -0.2) is 48.6 Å². The highest BCUT2D eigenvalue weighted by molar-refractivity contribution is 5.82. The lowest BCUT2D eigenvalue weighted by Gasteiger charge is -2.41. The van der Waals surface area contributed by atoms with E-state index in [-0.39, 0.29) is 5.82 Å². The summed E-state index contributed by atoms with van der Waals surface area (Å²) in [5.74, 6) is 0.990. The van der Waals surface area contributed by atoms with Gasteiger partial charge in [-0.05, 0) is 76.4 Å². The van der Waals surface area contributed by atoms with E-state index >= 15 is 4.39 Å². The van der Waals surface area contributed by atoms with Gasteiger partial charge in [-0.15, -0.1) is 0 Å². The fourth-order valence-electron chi connectivity index (χ4n) is 5.11. The number of H-pyrrole nitrogens is 1. The summed E-state index contributed by atoms with van der Waals surface area (Å²) in [5, 5.41) is 4.66. The van der Waals surface area contributed by atoms with Gasteiger partial charge in [0.15, 0.2) is 11.5 Å². The van der Waals surface area contributed by atoms with Gasteiger partial charge < -0.3 is 9.88 Å². The van der Waals surface area contributed by atoms with E-state index < -0.39 is 0 Å². The number of benzene rings is 1. The summed E-state index contributed by atoms with van der Waals surface area (Å²) in [6.45, 7) is 6.19. The third kappa shape index (κ3) is 3.22. The van der Waals surface area contributed by atoms with Crippen LogP contribution in [0, 0.1) is 19.7 Å². The van der Waals surface area contributed by atoms with Crippen molar-refractivity contribution in [2.24, 2.45) is 0 Å². The van der Waals surface area contributed by atoms with Gasteiger partial charge in [-0.2, -0.15) is 5.10 Å². The molecule has 0 atom stereocenters. The number of aromatic amines is 1. The van der Waals surface area contributed by atoms with Gasteiger partial charge in [0, 0.05) is 17.5 Å². The molecule has 160 valence electrons. The Morgan fingerprint density at radius 2 is 1.84 bits per heavy atom. The summed E-state index contributed by atoms with van der Waals surface area (Å²) in [6.07, 6.45) is 8.13. The van der Waals surface area contributed by atoms with E-state index in [4.69, 9.17) is 0 Å². The summed E-state index contributed by atoms with van der Waals surface area (Å²) in [4.78, 5) is 15.2. The van der Waals surface area contributed by atoms with E-state index in [9.17, 15) is 0 Å². The fourth-order valence-corrected chi connectivity index (χ4v) is 5.11. The SMILES string of the molecule is Cc1cn2nc(-c3cc(F)c4nc(C5CCN(C6CCC6)CC5)[nH]c4c3)cc(C)c2n1. The maximum absolute atomic E-state index is 15.0. The number of imidazole rings is 2. The first-order valence-electron chi connectivity index (χ1n) is 11.3. The number of rotatable bonds is 3. The number of fused-ring (bicyclic) bond motifs is 2. The van der Waals surface area contributed by atoms with Crippen LogP contribution in [0.1, 0.15) is 55.1 Å². The lowest BCUT2D eigenvalue weighted by Crippen LogP contribution is -2.44. The predicted molar refractivity (Wildman–Crippen MR) is 119 cm³/mol. The van der Waals surface area contributed by atoms with Gasteiger partial charge in [0.1, 0.15) is 11.3 Å². The number of nitrogens with one attached hydrogen (secondary N) is 1. The van der Waals surface area contributed by atoms with E-state index in [1.54, 1.807) is 10.6 Å². The van der Waals surface area contributed by atoms with Gasteiger partial charge in [0.2, 0.25) is 0 Å². The first kappa shape index (κ1) is 18.9. The second-order valence-electron chi connectivity index (χ2n) is 9.23. The predicted octanol–water partition coefficient (Wildman–Crippen LogP) is 4.76. The summed E-state index contributed by atoms with van der Waals surface area (Å²) in [6, 6.07) is 6.28. The van der Waals surface area contributed by atoms with E-state index in [0.29, 0.717) is 11.4 Å². The van der Waals surface area contributed by atoms with Gasteiger partial charge in [-0.25, -0.2) is 18.9 Å². The molecule has 6 nitrogen and oxygen atoms in total. The van der Waals surface area contributed by atoms with E-state index in [2.05, 4.69) is 25.0 Å². The van der Waals surface area contributed by atoms with Crippen molar-refractivity contribution in [2.45, 2.75) is 57.9 Å². The van der Waals surface area contributed by atoms with E-state index in [0.717, 1.165) is 71.5 Å². The normalized spacial score (nSPS) is 18.8. The van der Waals surface area contributed by atoms with Gasteiger partial charge in [-0.1, -0.05) is 6.42 Å². The van der Waals surface area contributed by atoms with Gasteiger partial charge in [0.25, 0.3) is 0 Å². The maximum atomic E-state index is 15.0. The van der Waals surface area contributed by atoms with Crippen molar-refractivity contribution in [1.29, 1.82) is 0 Å². The Balaban J connectivity index is 1.31. The molecule has 7 heteroatoms. The van der Waals surface area contributed by atoms with E-state index in [1.807, 2.05) is 32.2 Å². The number of aryl methyl sites for hydroxylation is 2. The van der Waals surface area contributed by atoms with Crippen LogP contribution in [0.5, 0.6) is 0 Å². The monoisotopic (exact) mass is 418 g/mol. The smallest absolute Gasteiger partial charge is 0.156 e. The number of halogens is 1. The molecule has 1 aromatic carbocycles. The Morgan fingerprint density at radius 1 is 1.03 bits per heavy atom. The average molecular weight is 419 g/mol. The van der Waals surface area contributed by atoms with Gasteiger partial charge >= 0.3 is 0 Å². The Labute approximate surface area is 180 Å². The minimum Gasteiger partial charge on any atom is -0.342 e. The van der Waals surface area contributed by atoms with Crippen molar-refractivity contribution >= 4 is 16.7 Å². The molecule has 4 heterocycles. The molecular formula is C24H27FN6. The zero-order valence-electron chi connectivity index (χ0n) is 18.0. The topological polar surface area (TPSA) is 62.1 Å². The fraction of sp³-hybridized carbons (Fsp3) is 0.458. The second kappa shape index (κ2) is 7.12. The van der Waals surface area contributed by atoms with Crippen LogP contribution < -0.4 is 0 Å². The van der Waals surface area contributed by atoms with Crippen LogP contribution in [0.25, 0.3) is 27.9 Å². The summed E-state index contributed by atoms with van der Waals surface area (Å²) in [7, 11) is 0. The number of nitrogens with zero attached hydrogens (tertiary/aromatic N) is 5. The molecule has 2 aliphatic rings. The van der Waals surface area contributed by atoms with Crippen LogP contribution >= 0.6 is 0 Å². The highest BCUT2D eigenvalue weighted by atomic mass is 19.1. The molecule has 1 aliphatic heterocycles. The average Bonchev–Trinajstić information content (AvgIpc) is 3.31. The lowest BCUT2D eigenvalue weighted by molar-refractivity contribution is 0.0965. The van der Waals surface area contributed by atoms with Gasteiger partial charge in [0.05, 0.1) is 23.1 Å². The van der Waals surface area contributed by atoms with Crippen molar-refractivity contribution in [3.63, 3.8) is 0 Å². The molecule has 4 aromatic rings. The number of likely N-dealkylation sites (tertiary alicyclic amines) is 1. The molecule has 1 N–H and O–H groups in total. The molecule has 2 fully saturated rings. The zero-order chi connectivity index (χ0) is 21.1. The minimum absolute atomic E-state index is 0.303.